The molecule has 5 rings (SSSR count). The van der Waals surface area contributed by atoms with E-state index in [9.17, 15) is 5.11 Å². The average Bonchev–Trinajstić information content (AvgIpc) is 3.38. The standard InChI is InChI=1S/C19H20N4O4/c1-19(14-8-7-12-17(20)21-10-22-23(12)14)16-15(13(9-24)27-19)25-18(26-16)11-5-3-2-4-6-11/h2-8,10,13,15-16,18,24H,9H2,1H3,(H2,20,21,22)/t13-,15-,16-,18?,19+/m1/s1. The van der Waals surface area contributed by atoms with Gasteiger partial charge in [-0.1, -0.05) is 30.3 Å². The Morgan fingerprint density at radius 3 is 2.78 bits per heavy atom. The topological polar surface area (TPSA) is 104 Å². The molecular formula is C19H20N4O4. The number of aliphatic hydroxyl groups is 1. The molecule has 8 heteroatoms. The zero-order valence-corrected chi connectivity index (χ0v) is 14.7. The first-order chi connectivity index (χ1) is 13.1. The normalized spacial score (nSPS) is 32.8. The summed E-state index contributed by atoms with van der Waals surface area (Å²) in [5.41, 5.74) is 7.49. The summed E-state index contributed by atoms with van der Waals surface area (Å²) in [5.74, 6) is 0.388. The van der Waals surface area contributed by atoms with Gasteiger partial charge in [-0.2, -0.15) is 5.10 Å². The molecule has 3 N–H and O–H groups in total. The molecule has 1 aromatic carbocycles. The van der Waals surface area contributed by atoms with E-state index in [1.165, 1.54) is 6.33 Å². The molecule has 0 radical (unpaired) electrons. The van der Waals surface area contributed by atoms with Gasteiger partial charge < -0.3 is 25.1 Å². The minimum atomic E-state index is -0.866. The van der Waals surface area contributed by atoms with Crippen molar-refractivity contribution in [3.63, 3.8) is 0 Å². The Hall–Kier alpha value is -2.52. The van der Waals surface area contributed by atoms with E-state index >= 15 is 0 Å². The molecule has 2 saturated heterocycles. The number of nitrogens with two attached hydrogens (primary N) is 1. The van der Waals surface area contributed by atoms with Gasteiger partial charge in [-0.3, -0.25) is 0 Å². The van der Waals surface area contributed by atoms with Crippen LogP contribution in [-0.2, 0) is 19.8 Å². The monoisotopic (exact) mass is 368 g/mol. The highest BCUT2D eigenvalue weighted by Crippen LogP contribution is 2.49. The van der Waals surface area contributed by atoms with Crippen molar-refractivity contribution in [2.24, 2.45) is 0 Å². The molecule has 3 aromatic rings. The van der Waals surface area contributed by atoms with Gasteiger partial charge in [0, 0.05) is 5.56 Å². The van der Waals surface area contributed by atoms with Crippen LogP contribution in [0, 0.1) is 0 Å². The minimum Gasteiger partial charge on any atom is -0.394 e. The second-order valence-electron chi connectivity index (χ2n) is 7.01. The molecule has 2 aromatic heterocycles. The third kappa shape index (κ3) is 2.38. The quantitative estimate of drug-likeness (QED) is 0.720. The van der Waals surface area contributed by atoms with E-state index in [0.29, 0.717) is 11.3 Å². The Morgan fingerprint density at radius 1 is 1.19 bits per heavy atom. The Balaban J connectivity index is 1.57. The molecular weight excluding hydrogens is 348 g/mol. The van der Waals surface area contributed by atoms with Gasteiger partial charge in [-0.15, -0.1) is 0 Å². The van der Waals surface area contributed by atoms with Crippen molar-refractivity contribution >= 4 is 11.3 Å². The first kappa shape index (κ1) is 16.6. The van der Waals surface area contributed by atoms with Crippen LogP contribution in [0.15, 0.2) is 48.8 Å². The first-order valence-corrected chi connectivity index (χ1v) is 8.85. The third-order valence-corrected chi connectivity index (χ3v) is 5.40. The first-order valence-electron chi connectivity index (χ1n) is 8.85. The number of nitrogens with zero attached hydrogens (tertiary/aromatic N) is 3. The molecule has 5 atom stereocenters. The number of nitrogen functional groups attached to an aromatic ring is 1. The van der Waals surface area contributed by atoms with Crippen LogP contribution in [0.1, 0.15) is 24.5 Å². The molecule has 8 nitrogen and oxygen atoms in total. The van der Waals surface area contributed by atoms with Crippen molar-refractivity contribution in [1.29, 1.82) is 0 Å². The minimum absolute atomic E-state index is 0.165. The third-order valence-electron chi connectivity index (χ3n) is 5.40. The van der Waals surface area contributed by atoms with Crippen LogP contribution in [0.4, 0.5) is 5.82 Å². The average molecular weight is 368 g/mol. The van der Waals surface area contributed by atoms with Gasteiger partial charge in [0.05, 0.1) is 12.3 Å². The number of anilines is 1. The summed E-state index contributed by atoms with van der Waals surface area (Å²) in [6.45, 7) is 1.76. The van der Waals surface area contributed by atoms with E-state index in [0.717, 1.165) is 11.3 Å². The summed E-state index contributed by atoms with van der Waals surface area (Å²) in [5, 5.41) is 14.2. The van der Waals surface area contributed by atoms with Crippen molar-refractivity contribution in [1.82, 2.24) is 14.6 Å². The molecule has 140 valence electrons. The predicted octanol–water partition coefficient (Wildman–Crippen LogP) is 1.40. The highest BCUT2D eigenvalue weighted by atomic mass is 16.8. The summed E-state index contributed by atoms with van der Waals surface area (Å²) in [6.07, 6.45) is -0.406. The molecule has 0 saturated carbocycles. The van der Waals surface area contributed by atoms with Crippen molar-refractivity contribution in [3.05, 3.63) is 60.0 Å². The fraction of sp³-hybridized carbons (Fsp3) is 0.368. The van der Waals surface area contributed by atoms with Gasteiger partial charge in [-0.25, -0.2) is 9.50 Å². The number of fused-ring (bicyclic) bond motifs is 2. The molecule has 0 bridgehead atoms. The summed E-state index contributed by atoms with van der Waals surface area (Å²) >= 11 is 0. The summed E-state index contributed by atoms with van der Waals surface area (Å²) in [4.78, 5) is 4.03. The van der Waals surface area contributed by atoms with Crippen LogP contribution in [0.5, 0.6) is 0 Å². The number of hydrogen-bond donors (Lipinski definition) is 2. The van der Waals surface area contributed by atoms with Crippen molar-refractivity contribution in [2.45, 2.75) is 37.1 Å². The van der Waals surface area contributed by atoms with Crippen LogP contribution in [-0.4, -0.2) is 44.6 Å². The number of rotatable bonds is 3. The van der Waals surface area contributed by atoms with E-state index < -0.39 is 30.2 Å². The van der Waals surface area contributed by atoms with E-state index in [2.05, 4.69) is 10.1 Å². The maximum Gasteiger partial charge on any atom is 0.185 e. The van der Waals surface area contributed by atoms with E-state index in [4.69, 9.17) is 19.9 Å². The second kappa shape index (κ2) is 6.00. The fourth-order valence-corrected chi connectivity index (χ4v) is 4.07. The lowest BCUT2D eigenvalue weighted by molar-refractivity contribution is -0.172. The van der Waals surface area contributed by atoms with Gasteiger partial charge in [0.15, 0.2) is 12.1 Å². The Kier molecular flexibility index (Phi) is 3.70. The lowest BCUT2D eigenvalue weighted by Gasteiger charge is -2.29. The van der Waals surface area contributed by atoms with Crippen LogP contribution in [0.25, 0.3) is 5.52 Å². The lowest BCUT2D eigenvalue weighted by Crippen LogP contribution is -2.38. The summed E-state index contributed by atoms with van der Waals surface area (Å²) in [6, 6.07) is 13.5. The summed E-state index contributed by atoms with van der Waals surface area (Å²) in [7, 11) is 0. The van der Waals surface area contributed by atoms with Gasteiger partial charge in [0.2, 0.25) is 0 Å². The van der Waals surface area contributed by atoms with Crippen LogP contribution < -0.4 is 5.73 Å². The number of benzene rings is 1. The van der Waals surface area contributed by atoms with Crippen molar-refractivity contribution < 1.29 is 19.3 Å². The zero-order valence-electron chi connectivity index (χ0n) is 14.7. The second-order valence-corrected chi connectivity index (χ2v) is 7.01. The maximum absolute atomic E-state index is 9.84. The predicted molar refractivity (Wildman–Crippen MR) is 95.6 cm³/mol. The molecule has 2 aliphatic heterocycles. The van der Waals surface area contributed by atoms with Crippen molar-refractivity contribution in [3.8, 4) is 0 Å². The molecule has 2 aliphatic rings. The van der Waals surface area contributed by atoms with Crippen molar-refractivity contribution in [2.75, 3.05) is 12.3 Å². The molecule has 0 amide bonds. The number of aromatic nitrogens is 3. The molecule has 27 heavy (non-hydrogen) atoms. The van der Waals surface area contributed by atoms with E-state index in [1.807, 2.05) is 49.4 Å². The highest BCUT2D eigenvalue weighted by molar-refractivity contribution is 5.65. The Bertz CT molecular complexity index is 978. The smallest absolute Gasteiger partial charge is 0.185 e. The van der Waals surface area contributed by atoms with Gasteiger partial charge >= 0.3 is 0 Å². The molecule has 4 heterocycles. The highest BCUT2D eigenvalue weighted by Gasteiger charge is 2.60. The molecule has 0 aliphatic carbocycles. The van der Waals surface area contributed by atoms with Gasteiger partial charge in [-0.05, 0) is 19.1 Å². The SMILES string of the molecule is C[C@@]1(c2ccc3c(N)ncnn23)O[C@H](CO)[C@H]2OC(c3ccccc3)O[C@H]21. The van der Waals surface area contributed by atoms with Gasteiger partial charge in [0.1, 0.15) is 35.8 Å². The maximum atomic E-state index is 9.84. The number of hydrogen-bond acceptors (Lipinski definition) is 7. The van der Waals surface area contributed by atoms with Crippen LogP contribution in [0.2, 0.25) is 0 Å². The number of aliphatic hydroxyl groups excluding tert-OH is 1. The van der Waals surface area contributed by atoms with E-state index in [-0.39, 0.29) is 6.61 Å². The van der Waals surface area contributed by atoms with Gasteiger partial charge in [0.25, 0.3) is 0 Å². The Labute approximate surface area is 155 Å². The number of ether oxygens (including phenoxy) is 3. The zero-order chi connectivity index (χ0) is 18.6. The molecule has 2 fully saturated rings. The van der Waals surface area contributed by atoms with E-state index in [1.54, 1.807) is 4.52 Å². The summed E-state index contributed by atoms with van der Waals surface area (Å²) < 4.78 is 20.3. The molecule has 0 spiro atoms. The molecule has 1 unspecified atom stereocenters. The largest absolute Gasteiger partial charge is 0.394 e. The fourth-order valence-electron chi connectivity index (χ4n) is 4.07. The lowest BCUT2D eigenvalue weighted by atomic mass is 9.93. The van der Waals surface area contributed by atoms with Crippen LogP contribution in [0.3, 0.4) is 0 Å². The Morgan fingerprint density at radius 2 is 2.00 bits per heavy atom. The van der Waals surface area contributed by atoms with Crippen LogP contribution >= 0.6 is 0 Å².